The van der Waals surface area contributed by atoms with Crippen LogP contribution in [-0.4, -0.2) is 44.3 Å². The molecule has 6 nitrogen and oxygen atoms in total. The van der Waals surface area contributed by atoms with Crippen LogP contribution in [-0.2, 0) is 14.8 Å². The molecule has 1 aliphatic heterocycles. The summed E-state index contributed by atoms with van der Waals surface area (Å²) in [5, 5.41) is 6.20. The zero-order valence-corrected chi connectivity index (χ0v) is 17.6. The van der Waals surface area contributed by atoms with Crippen LogP contribution in [0.4, 0.5) is 5.69 Å². The van der Waals surface area contributed by atoms with Crippen molar-refractivity contribution < 1.29 is 13.2 Å². The fourth-order valence-electron chi connectivity index (χ4n) is 4.17. The second-order valence-electron chi connectivity index (χ2n) is 8.14. The second-order valence-corrected chi connectivity index (χ2v) is 10.1. The van der Waals surface area contributed by atoms with E-state index in [1.165, 1.54) is 12.8 Å². The highest BCUT2D eigenvalue weighted by molar-refractivity contribution is 7.89. The lowest BCUT2D eigenvalue weighted by Crippen LogP contribution is -2.43. The van der Waals surface area contributed by atoms with Crippen molar-refractivity contribution in [1.29, 1.82) is 0 Å². The number of carbonyl (C=O) groups excluding carboxylic acids is 1. The first kappa shape index (κ1) is 21.1. The van der Waals surface area contributed by atoms with E-state index in [0.29, 0.717) is 29.6 Å². The van der Waals surface area contributed by atoms with Gasteiger partial charge in [0.1, 0.15) is 0 Å². The third-order valence-corrected chi connectivity index (χ3v) is 7.84. The molecule has 1 amide bonds. The Kier molecular flexibility index (Phi) is 7.35. The molecule has 1 saturated carbocycles. The fourth-order valence-corrected chi connectivity index (χ4v) is 5.73. The summed E-state index contributed by atoms with van der Waals surface area (Å²) < 4.78 is 27.5. The van der Waals surface area contributed by atoms with Crippen LogP contribution in [0.25, 0.3) is 0 Å². The van der Waals surface area contributed by atoms with Crippen LogP contribution in [0.5, 0.6) is 0 Å². The monoisotopic (exact) mass is 407 g/mol. The summed E-state index contributed by atoms with van der Waals surface area (Å²) in [6, 6.07) is 7.05. The lowest BCUT2D eigenvalue weighted by atomic mass is 9.86. The molecule has 2 unspecified atom stereocenters. The molecule has 3 rings (SSSR count). The molecule has 1 heterocycles. The third kappa shape index (κ3) is 5.47. The van der Waals surface area contributed by atoms with E-state index in [1.54, 1.807) is 28.6 Å². The summed E-state index contributed by atoms with van der Waals surface area (Å²) in [6.07, 6.45) is 8.60. The highest BCUT2D eigenvalue weighted by atomic mass is 32.2. The molecular formula is C21H33N3O3S. The van der Waals surface area contributed by atoms with Crippen LogP contribution in [0.2, 0.25) is 0 Å². The van der Waals surface area contributed by atoms with E-state index in [0.717, 1.165) is 38.5 Å². The molecule has 1 aromatic carbocycles. The minimum atomic E-state index is -3.48. The van der Waals surface area contributed by atoms with E-state index in [-0.39, 0.29) is 18.5 Å². The van der Waals surface area contributed by atoms with Crippen molar-refractivity contribution in [1.82, 2.24) is 9.62 Å². The van der Waals surface area contributed by atoms with Gasteiger partial charge in [0.2, 0.25) is 15.9 Å². The van der Waals surface area contributed by atoms with Crippen molar-refractivity contribution in [2.45, 2.75) is 69.2 Å². The minimum Gasteiger partial charge on any atom is -0.376 e. The Bertz CT molecular complexity index is 758. The number of benzene rings is 1. The van der Waals surface area contributed by atoms with Crippen LogP contribution in [0, 0.1) is 5.92 Å². The van der Waals surface area contributed by atoms with Gasteiger partial charge in [0.15, 0.2) is 0 Å². The Labute approximate surface area is 169 Å². The second kappa shape index (κ2) is 9.74. The summed E-state index contributed by atoms with van der Waals surface area (Å²) in [5.74, 6) is 0.472. The highest BCUT2D eigenvalue weighted by Crippen LogP contribution is 2.24. The largest absolute Gasteiger partial charge is 0.376 e. The normalized spacial score (nSPS) is 24.3. The third-order valence-electron chi connectivity index (χ3n) is 5.95. The summed E-state index contributed by atoms with van der Waals surface area (Å²) in [4.78, 5) is 12.6. The molecule has 0 spiro atoms. The van der Waals surface area contributed by atoms with Crippen molar-refractivity contribution in [2.75, 3.05) is 25.0 Å². The number of sulfonamides is 1. The zero-order valence-electron chi connectivity index (χ0n) is 16.8. The number of nitrogens with zero attached hydrogens (tertiary/aromatic N) is 1. The fraction of sp³-hybridized carbons (Fsp3) is 0.667. The molecule has 28 heavy (non-hydrogen) atoms. The Morgan fingerprint density at radius 1 is 1.07 bits per heavy atom. The predicted molar refractivity (Wildman–Crippen MR) is 112 cm³/mol. The maximum absolute atomic E-state index is 12.9. The maximum Gasteiger partial charge on any atom is 0.243 e. The molecule has 2 atom stereocenters. The van der Waals surface area contributed by atoms with Gasteiger partial charge in [-0.05, 0) is 49.8 Å². The number of amides is 1. The molecule has 1 aromatic rings. The number of nitrogens with one attached hydrogen (secondary N) is 2. The first-order valence-corrected chi connectivity index (χ1v) is 12.0. The molecule has 0 radical (unpaired) electrons. The van der Waals surface area contributed by atoms with Gasteiger partial charge in [-0.1, -0.05) is 38.7 Å². The summed E-state index contributed by atoms with van der Waals surface area (Å²) in [6.45, 7) is 3.51. The summed E-state index contributed by atoms with van der Waals surface area (Å²) >= 11 is 0. The van der Waals surface area contributed by atoms with Crippen molar-refractivity contribution >= 4 is 21.6 Å². The van der Waals surface area contributed by atoms with Crippen LogP contribution >= 0.6 is 0 Å². The van der Waals surface area contributed by atoms with Crippen molar-refractivity contribution in [2.24, 2.45) is 5.92 Å². The lowest BCUT2D eigenvalue weighted by molar-refractivity contribution is -0.120. The molecule has 156 valence electrons. The number of hydrogen-bond acceptors (Lipinski definition) is 4. The smallest absolute Gasteiger partial charge is 0.243 e. The topological polar surface area (TPSA) is 78.5 Å². The van der Waals surface area contributed by atoms with Gasteiger partial charge >= 0.3 is 0 Å². The van der Waals surface area contributed by atoms with E-state index in [1.807, 2.05) is 0 Å². The minimum absolute atomic E-state index is 0.0421. The van der Waals surface area contributed by atoms with E-state index in [4.69, 9.17) is 0 Å². The van der Waals surface area contributed by atoms with Crippen LogP contribution in [0.3, 0.4) is 0 Å². The zero-order chi connectivity index (χ0) is 20.0. The molecule has 2 aliphatic rings. The van der Waals surface area contributed by atoms with Gasteiger partial charge in [0, 0.05) is 24.8 Å². The van der Waals surface area contributed by atoms with Crippen LogP contribution < -0.4 is 10.6 Å². The number of hydrogen-bond donors (Lipinski definition) is 2. The van der Waals surface area contributed by atoms with Gasteiger partial charge in [0.05, 0.1) is 11.4 Å². The van der Waals surface area contributed by atoms with Crippen LogP contribution in [0.1, 0.15) is 58.3 Å². The molecule has 0 bridgehead atoms. The highest BCUT2D eigenvalue weighted by Gasteiger charge is 2.25. The molecule has 7 heteroatoms. The first-order valence-electron chi connectivity index (χ1n) is 10.6. The standard InChI is InChI=1S/C21H33N3O3S/c1-17-9-4-5-12-20(17)23-21(25)16-22-18-10-8-11-19(15-18)28(26,27)24-13-6-2-3-7-14-24/h8,10-11,15,17,20,22H,2-7,9,12-14,16H2,1H3,(H,23,25). The van der Waals surface area contributed by atoms with Gasteiger partial charge in [-0.25, -0.2) is 8.42 Å². The van der Waals surface area contributed by atoms with Crippen LogP contribution in [0.15, 0.2) is 29.2 Å². The number of carbonyl (C=O) groups is 1. The Hall–Kier alpha value is -1.60. The van der Waals surface area contributed by atoms with Gasteiger partial charge in [-0.15, -0.1) is 0 Å². The number of rotatable bonds is 6. The maximum atomic E-state index is 12.9. The van der Waals surface area contributed by atoms with E-state index in [9.17, 15) is 13.2 Å². The SMILES string of the molecule is CC1CCCCC1NC(=O)CNc1cccc(S(=O)(=O)N2CCCCCC2)c1. The molecular weight excluding hydrogens is 374 g/mol. The molecule has 0 aromatic heterocycles. The summed E-state index contributed by atoms with van der Waals surface area (Å²) in [7, 11) is -3.48. The predicted octanol–water partition coefficient (Wildman–Crippen LogP) is 3.36. The van der Waals surface area contributed by atoms with E-state index in [2.05, 4.69) is 17.6 Å². The van der Waals surface area contributed by atoms with Crippen molar-refractivity contribution in [3.05, 3.63) is 24.3 Å². The average molecular weight is 408 g/mol. The first-order chi connectivity index (χ1) is 13.5. The Morgan fingerprint density at radius 2 is 1.79 bits per heavy atom. The number of anilines is 1. The van der Waals surface area contributed by atoms with Gasteiger partial charge in [-0.2, -0.15) is 4.31 Å². The quantitative estimate of drug-likeness (QED) is 0.758. The Morgan fingerprint density at radius 3 is 2.50 bits per heavy atom. The molecule has 2 fully saturated rings. The van der Waals surface area contributed by atoms with E-state index >= 15 is 0 Å². The molecule has 2 N–H and O–H groups in total. The van der Waals surface area contributed by atoms with Crippen molar-refractivity contribution in [3.63, 3.8) is 0 Å². The molecule has 1 aliphatic carbocycles. The van der Waals surface area contributed by atoms with E-state index < -0.39 is 10.0 Å². The summed E-state index contributed by atoms with van der Waals surface area (Å²) in [5.41, 5.74) is 0.655. The van der Waals surface area contributed by atoms with Gasteiger partial charge < -0.3 is 10.6 Å². The molecule has 1 saturated heterocycles. The Balaban J connectivity index is 1.59. The van der Waals surface area contributed by atoms with Crippen molar-refractivity contribution in [3.8, 4) is 0 Å². The van der Waals surface area contributed by atoms with Gasteiger partial charge in [-0.3, -0.25) is 4.79 Å². The lowest BCUT2D eigenvalue weighted by Gasteiger charge is -2.29. The average Bonchev–Trinajstić information content (AvgIpc) is 2.99. The van der Waals surface area contributed by atoms with Gasteiger partial charge in [0.25, 0.3) is 0 Å².